The number of carbonyl (C=O) groups excluding carboxylic acids is 1. The fraction of sp³-hybridized carbons (Fsp3) is 0.212. The van der Waals surface area contributed by atoms with E-state index in [0.717, 1.165) is 28.2 Å². The van der Waals surface area contributed by atoms with Crippen molar-refractivity contribution in [3.63, 3.8) is 0 Å². The van der Waals surface area contributed by atoms with Gasteiger partial charge in [-0.25, -0.2) is 4.79 Å². The lowest BCUT2D eigenvalue weighted by Gasteiger charge is -2.26. The smallest absolute Gasteiger partial charge is 0.433 e. The van der Waals surface area contributed by atoms with Gasteiger partial charge in [0.1, 0.15) is 24.7 Å². The van der Waals surface area contributed by atoms with E-state index in [2.05, 4.69) is 61.3 Å². The van der Waals surface area contributed by atoms with E-state index in [-0.39, 0.29) is 5.41 Å². The number of rotatable bonds is 10. The number of hydrogen-bond donors (Lipinski definition) is 0. The zero-order valence-corrected chi connectivity index (χ0v) is 22.1. The number of amides is 1. The van der Waals surface area contributed by atoms with Crippen LogP contribution in [-0.4, -0.2) is 18.9 Å². The van der Waals surface area contributed by atoms with Crippen molar-refractivity contribution in [2.75, 3.05) is 6.61 Å². The van der Waals surface area contributed by atoms with Gasteiger partial charge < -0.3 is 14.2 Å². The average Bonchev–Trinajstić information content (AvgIpc) is 2.95. The van der Waals surface area contributed by atoms with E-state index in [1.807, 2.05) is 60.7 Å². The molecular formula is C33H33NO4. The van der Waals surface area contributed by atoms with Crippen LogP contribution in [0.25, 0.3) is 0 Å². The van der Waals surface area contributed by atoms with E-state index in [4.69, 9.17) is 14.2 Å². The quantitative estimate of drug-likeness (QED) is 0.206. The second-order valence-electron chi connectivity index (χ2n) is 9.44. The van der Waals surface area contributed by atoms with Crippen LogP contribution in [0.5, 0.6) is 11.5 Å². The van der Waals surface area contributed by atoms with E-state index in [1.165, 1.54) is 17.3 Å². The Balaban J connectivity index is 1.29. The summed E-state index contributed by atoms with van der Waals surface area (Å²) in [4.78, 5) is 15.1. The van der Waals surface area contributed by atoms with Gasteiger partial charge in [0.05, 0.1) is 6.61 Å². The molecule has 4 aromatic carbocycles. The minimum Gasteiger partial charge on any atom is -0.489 e. The van der Waals surface area contributed by atoms with Gasteiger partial charge in [-0.2, -0.15) is 4.99 Å². The second-order valence-corrected chi connectivity index (χ2v) is 9.44. The van der Waals surface area contributed by atoms with Crippen molar-refractivity contribution < 1.29 is 19.0 Å². The SMILES string of the molecule is CCOC(=O)N=Cc1ccc(OCc2cccc(COc3ccc(C(C)(C)c4ccccc4)cc3)c2)cc1. The lowest BCUT2D eigenvalue weighted by molar-refractivity contribution is 0.163. The Kier molecular flexibility index (Phi) is 8.94. The molecule has 0 heterocycles. The first-order valence-electron chi connectivity index (χ1n) is 12.7. The Morgan fingerprint density at radius 1 is 0.737 bits per heavy atom. The van der Waals surface area contributed by atoms with Gasteiger partial charge >= 0.3 is 6.09 Å². The summed E-state index contributed by atoms with van der Waals surface area (Å²) in [7, 11) is 0. The molecule has 0 aliphatic carbocycles. The highest BCUT2D eigenvalue weighted by Crippen LogP contribution is 2.32. The van der Waals surface area contributed by atoms with E-state index in [9.17, 15) is 4.79 Å². The molecule has 38 heavy (non-hydrogen) atoms. The van der Waals surface area contributed by atoms with Crippen molar-refractivity contribution >= 4 is 12.3 Å². The predicted octanol–water partition coefficient (Wildman–Crippen LogP) is 7.75. The fourth-order valence-electron chi connectivity index (χ4n) is 4.07. The maximum Gasteiger partial charge on any atom is 0.433 e. The Morgan fingerprint density at radius 2 is 1.29 bits per heavy atom. The first-order valence-corrected chi connectivity index (χ1v) is 12.7. The average molecular weight is 508 g/mol. The maximum absolute atomic E-state index is 11.3. The minimum atomic E-state index is -0.597. The summed E-state index contributed by atoms with van der Waals surface area (Å²) in [5.74, 6) is 1.57. The number of hydrogen-bond acceptors (Lipinski definition) is 4. The summed E-state index contributed by atoms with van der Waals surface area (Å²) in [5, 5.41) is 0. The molecule has 4 aromatic rings. The number of nitrogens with zero attached hydrogens (tertiary/aromatic N) is 1. The van der Waals surface area contributed by atoms with Crippen molar-refractivity contribution in [3.05, 3.63) is 131 Å². The van der Waals surface area contributed by atoms with Crippen LogP contribution in [0.4, 0.5) is 4.79 Å². The molecule has 1 amide bonds. The number of carbonyl (C=O) groups is 1. The van der Waals surface area contributed by atoms with Crippen LogP contribution < -0.4 is 9.47 Å². The van der Waals surface area contributed by atoms with Crippen molar-refractivity contribution in [2.24, 2.45) is 4.99 Å². The summed E-state index contributed by atoms with van der Waals surface area (Å²) in [6.45, 7) is 7.43. The highest BCUT2D eigenvalue weighted by molar-refractivity contribution is 5.88. The van der Waals surface area contributed by atoms with Gasteiger partial charge in [0.15, 0.2) is 0 Å². The number of ether oxygens (including phenoxy) is 3. The van der Waals surface area contributed by atoms with Crippen LogP contribution in [0, 0.1) is 0 Å². The molecule has 0 aliphatic rings. The Bertz CT molecular complexity index is 1340. The van der Waals surface area contributed by atoms with Gasteiger partial charge in [0.2, 0.25) is 0 Å². The van der Waals surface area contributed by atoms with Crippen LogP contribution in [0.3, 0.4) is 0 Å². The van der Waals surface area contributed by atoms with Crippen molar-refractivity contribution in [1.82, 2.24) is 0 Å². The lowest BCUT2D eigenvalue weighted by atomic mass is 9.78. The summed E-state index contributed by atoms with van der Waals surface area (Å²) in [6.07, 6.45) is 0.879. The Hall–Kier alpha value is -4.38. The van der Waals surface area contributed by atoms with Gasteiger partial charge in [-0.1, -0.05) is 74.5 Å². The maximum atomic E-state index is 11.3. The van der Waals surface area contributed by atoms with Gasteiger partial charge in [-0.05, 0) is 77.2 Å². The fourth-order valence-corrected chi connectivity index (χ4v) is 4.07. The summed E-state index contributed by atoms with van der Waals surface area (Å²) in [5.41, 5.74) is 5.37. The molecule has 0 atom stereocenters. The van der Waals surface area contributed by atoms with Crippen LogP contribution in [0.2, 0.25) is 0 Å². The molecule has 0 aromatic heterocycles. The van der Waals surface area contributed by atoms with Gasteiger partial charge in [0.25, 0.3) is 0 Å². The molecule has 0 spiro atoms. The minimum absolute atomic E-state index is 0.0787. The van der Waals surface area contributed by atoms with Crippen LogP contribution in [0.1, 0.15) is 48.6 Å². The molecular weight excluding hydrogens is 474 g/mol. The largest absolute Gasteiger partial charge is 0.489 e. The highest BCUT2D eigenvalue weighted by Gasteiger charge is 2.22. The van der Waals surface area contributed by atoms with Gasteiger partial charge in [-0.15, -0.1) is 0 Å². The molecule has 0 aliphatic heterocycles. The van der Waals surface area contributed by atoms with Crippen LogP contribution in [-0.2, 0) is 23.4 Å². The topological polar surface area (TPSA) is 57.1 Å². The molecule has 4 rings (SSSR count). The van der Waals surface area contributed by atoms with E-state index >= 15 is 0 Å². The molecule has 194 valence electrons. The third-order valence-electron chi connectivity index (χ3n) is 6.34. The number of aliphatic imine (C=N–C) groups is 1. The Morgan fingerprint density at radius 3 is 1.87 bits per heavy atom. The third-order valence-corrected chi connectivity index (χ3v) is 6.34. The normalized spacial score (nSPS) is 11.3. The molecule has 0 unspecified atom stereocenters. The van der Waals surface area contributed by atoms with Gasteiger partial charge in [-0.3, -0.25) is 0 Å². The number of benzene rings is 4. The first kappa shape index (κ1) is 26.7. The van der Waals surface area contributed by atoms with E-state index in [1.54, 1.807) is 6.92 Å². The van der Waals surface area contributed by atoms with E-state index in [0.29, 0.717) is 19.8 Å². The predicted molar refractivity (Wildman–Crippen MR) is 151 cm³/mol. The molecule has 0 saturated heterocycles. The van der Waals surface area contributed by atoms with Crippen molar-refractivity contribution in [3.8, 4) is 11.5 Å². The molecule has 0 bridgehead atoms. The van der Waals surface area contributed by atoms with Crippen LogP contribution in [0.15, 0.2) is 108 Å². The van der Waals surface area contributed by atoms with Crippen molar-refractivity contribution in [2.45, 2.75) is 39.4 Å². The molecule has 5 heteroatoms. The molecule has 0 N–H and O–H groups in total. The monoisotopic (exact) mass is 507 g/mol. The van der Waals surface area contributed by atoms with Crippen molar-refractivity contribution in [1.29, 1.82) is 0 Å². The lowest BCUT2D eigenvalue weighted by Crippen LogP contribution is -2.18. The molecule has 0 saturated carbocycles. The molecule has 0 fully saturated rings. The summed E-state index contributed by atoms with van der Waals surface area (Å²) >= 11 is 0. The zero-order valence-electron chi connectivity index (χ0n) is 22.1. The summed E-state index contributed by atoms with van der Waals surface area (Å²) < 4.78 is 16.8. The molecule has 5 nitrogen and oxygen atoms in total. The third kappa shape index (κ3) is 7.32. The second kappa shape index (κ2) is 12.7. The van der Waals surface area contributed by atoms with E-state index < -0.39 is 6.09 Å². The standard InChI is InChI=1S/C33H33NO4/c1-4-36-32(35)34-22-25-13-17-30(18-14-25)37-23-26-9-8-10-27(21-26)24-38-31-19-15-29(16-20-31)33(2,3)28-11-6-5-7-12-28/h5-22H,4,23-24H2,1-3H3. The highest BCUT2D eigenvalue weighted by atomic mass is 16.5. The summed E-state index contributed by atoms with van der Waals surface area (Å²) in [6, 6.07) is 34.5. The molecule has 0 radical (unpaired) electrons. The first-order chi connectivity index (χ1) is 18.4. The van der Waals surface area contributed by atoms with Crippen LogP contribution >= 0.6 is 0 Å². The van der Waals surface area contributed by atoms with Gasteiger partial charge in [0, 0.05) is 11.6 Å². The zero-order chi connectivity index (χ0) is 26.8. The Labute approximate surface area is 224 Å².